The molecule has 0 amide bonds. The van der Waals surface area contributed by atoms with Crippen LogP contribution in [0.4, 0.5) is 0 Å². The van der Waals surface area contributed by atoms with Gasteiger partial charge in [-0.25, -0.2) is 0 Å². The van der Waals surface area contributed by atoms with Crippen molar-refractivity contribution in [1.82, 2.24) is 0 Å². The fraction of sp³-hybridized carbons (Fsp3) is 0.750. The number of allylic oxidation sites excluding steroid dienone is 2. The third kappa shape index (κ3) is 2.07. The molecule has 1 atom stereocenters. The molecule has 1 aliphatic rings. The summed E-state index contributed by atoms with van der Waals surface area (Å²) in [6.45, 7) is 4.20. The van der Waals surface area contributed by atoms with E-state index in [2.05, 4.69) is 6.92 Å². The van der Waals surface area contributed by atoms with E-state index in [4.69, 9.17) is 0 Å². The summed E-state index contributed by atoms with van der Waals surface area (Å²) in [5, 5.41) is 9.23. The molecule has 1 unspecified atom stereocenters. The molecule has 2 heteroatoms. The summed E-state index contributed by atoms with van der Waals surface area (Å²) in [4.78, 5) is 0. The van der Waals surface area contributed by atoms with E-state index in [1.807, 2.05) is 6.92 Å². The van der Waals surface area contributed by atoms with Crippen LogP contribution in [0.25, 0.3) is 0 Å². The van der Waals surface area contributed by atoms with E-state index in [1.165, 1.54) is 12.0 Å². The summed E-state index contributed by atoms with van der Waals surface area (Å²) in [6, 6.07) is 0. The number of hydrogen-bond donors (Lipinski definition) is 1. The van der Waals surface area contributed by atoms with Crippen molar-refractivity contribution in [3.05, 3.63) is 11.3 Å². The van der Waals surface area contributed by atoms with Crippen molar-refractivity contribution < 1.29 is 25.4 Å². The Hall–Kier alpha value is 0.137. The molecule has 0 aliphatic heterocycles. The summed E-state index contributed by atoms with van der Waals surface area (Å²) < 4.78 is 0. The minimum atomic E-state index is 0. The Labute approximate surface area is 76.2 Å². The van der Waals surface area contributed by atoms with Gasteiger partial charge in [-0.3, -0.25) is 0 Å². The van der Waals surface area contributed by atoms with Crippen LogP contribution >= 0.6 is 0 Å². The summed E-state index contributed by atoms with van der Waals surface area (Å²) in [5.74, 6) is 1.24. The predicted molar refractivity (Wildman–Crippen MR) is 39.5 cm³/mol. The molecule has 0 aromatic rings. The molecule has 1 N–H and O–H groups in total. The Kier molecular flexibility index (Phi) is 4.16. The first-order valence-corrected chi connectivity index (χ1v) is 3.60. The van der Waals surface area contributed by atoms with Gasteiger partial charge in [0.2, 0.25) is 0 Å². The molecule has 1 nitrogen and oxygen atoms in total. The Balaban J connectivity index is 0. The zero-order chi connectivity index (χ0) is 6.85. The maximum Gasteiger partial charge on any atom is 1.00 e. The molecular weight excluding hydrogens is 119 g/mol. The summed E-state index contributed by atoms with van der Waals surface area (Å²) in [5.41, 5.74) is 1.20. The van der Waals surface area contributed by atoms with Crippen LogP contribution in [0.5, 0.6) is 0 Å². The van der Waals surface area contributed by atoms with Crippen molar-refractivity contribution in [2.45, 2.75) is 33.1 Å². The van der Waals surface area contributed by atoms with Gasteiger partial charge in [-0.05, 0) is 31.3 Å². The van der Waals surface area contributed by atoms with E-state index in [0.717, 1.165) is 12.8 Å². The molecule has 0 bridgehead atoms. The largest absolute Gasteiger partial charge is 1.00 e. The van der Waals surface area contributed by atoms with Crippen LogP contribution < -0.4 is 18.9 Å². The zero-order valence-electron chi connectivity index (χ0n) is 8.15. The van der Waals surface area contributed by atoms with Gasteiger partial charge in [-0.2, -0.15) is 0 Å². The van der Waals surface area contributed by atoms with E-state index in [9.17, 15) is 5.11 Å². The standard InChI is InChI=1S/C8H14O.Li.H/c1-6-4-3-5-8(9)7(6)2;;/h6,9H,3-5H2,1-2H3;;/q;+1;-1. The normalized spacial score (nSPS) is 26.0. The van der Waals surface area contributed by atoms with Crippen molar-refractivity contribution in [2.75, 3.05) is 0 Å². The quantitative estimate of drug-likeness (QED) is 0.453. The number of hydrogen-bond acceptors (Lipinski definition) is 1. The van der Waals surface area contributed by atoms with E-state index in [-0.39, 0.29) is 20.3 Å². The number of aliphatic hydroxyl groups is 1. The molecule has 10 heavy (non-hydrogen) atoms. The van der Waals surface area contributed by atoms with Gasteiger partial charge in [0, 0.05) is 6.42 Å². The first kappa shape index (κ1) is 10.1. The number of rotatable bonds is 0. The number of aliphatic hydroxyl groups excluding tert-OH is 1. The van der Waals surface area contributed by atoms with Gasteiger partial charge in [0.1, 0.15) is 0 Å². The van der Waals surface area contributed by atoms with Gasteiger partial charge in [-0.15, -0.1) is 0 Å². The molecule has 0 heterocycles. The van der Waals surface area contributed by atoms with Crippen molar-refractivity contribution >= 4 is 0 Å². The summed E-state index contributed by atoms with van der Waals surface area (Å²) in [6.07, 6.45) is 3.30. The fourth-order valence-corrected chi connectivity index (χ4v) is 1.27. The molecule has 0 fully saturated rings. The molecule has 0 radical (unpaired) electrons. The minimum absolute atomic E-state index is 0. The monoisotopic (exact) mass is 134 g/mol. The van der Waals surface area contributed by atoms with Gasteiger partial charge < -0.3 is 6.53 Å². The van der Waals surface area contributed by atoms with Gasteiger partial charge >= 0.3 is 18.9 Å². The van der Waals surface area contributed by atoms with Crippen LogP contribution in [0.1, 0.15) is 34.5 Å². The third-order valence-electron chi connectivity index (χ3n) is 2.25. The smallest absolute Gasteiger partial charge is 1.00 e. The molecule has 0 saturated carbocycles. The Bertz CT molecular complexity index is 145. The van der Waals surface area contributed by atoms with Crippen LogP contribution in [0.2, 0.25) is 0 Å². The molecule has 1 aliphatic carbocycles. The van der Waals surface area contributed by atoms with Crippen LogP contribution in [0, 0.1) is 5.92 Å². The predicted octanol–water partition coefficient (Wildman–Crippen LogP) is -0.245. The van der Waals surface area contributed by atoms with E-state index < -0.39 is 0 Å². The van der Waals surface area contributed by atoms with Crippen molar-refractivity contribution in [3.63, 3.8) is 0 Å². The van der Waals surface area contributed by atoms with E-state index in [1.54, 1.807) is 0 Å². The average molecular weight is 134 g/mol. The summed E-state index contributed by atoms with van der Waals surface area (Å²) in [7, 11) is 0. The average Bonchev–Trinajstić information content (AvgIpc) is 1.83. The summed E-state index contributed by atoms with van der Waals surface area (Å²) >= 11 is 0. The molecule has 0 spiro atoms. The van der Waals surface area contributed by atoms with E-state index >= 15 is 0 Å². The first-order chi connectivity index (χ1) is 4.22. The molecule has 0 saturated heterocycles. The topological polar surface area (TPSA) is 20.2 Å². The fourth-order valence-electron chi connectivity index (χ4n) is 1.27. The second kappa shape index (κ2) is 4.11. The van der Waals surface area contributed by atoms with Crippen molar-refractivity contribution in [3.8, 4) is 0 Å². The Morgan fingerprint density at radius 1 is 1.60 bits per heavy atom. The molecule has 0 aromatic heterocycles. The van der Waals surface area contributed by atoms with Crippen LogP contribution in [-0.2, 0) is 0 Å². The molecular formula is C8H15LiO. The second-order valence-electron chi connectivity index (χ2n) is 2.92. The first-order valence-electron chi connectivity index (χ1n) is 3.60. The van der Waals surface area contributed by atoms with Gasteiger partial charge in [0.05, 0.1) is 5.76 Å². The van der Waals surface area contributed by atoms with Crippen molar-refractivity contribution in [1.29, 1.82) is 0 Å². The SMILES string of the molecule is CC1=C(O)CCCC1C.[H-].[Li+]. The molecule has 1 rings (SSSR count). The van der Waals surface area contributed by atoms with Gasteiger partial charge in [0.15, 0.2) is 0 Å². The van der Waals surface area contributed by atoms with E-state index in [0.29, 0.717) is 11.7 Å². The maximum atomic E-state index is 9.23. The Morgan fingerprint density at radius 2 is 2.20 bits per heavy atom. The van der Waals surface area contributed by atoms with Crippen LogP contribution in [-0.4, -0.2) is 5.11 Å². The van der Waals surface area contributed by atoms with Crippen molar-refractivity contribution in [2.24, 2.45) is 5.92 Å². The minimum Gasteiger partial charge on any atom is -1.00 e. The van der Waals surface area contributed by atoms with Crippen LogP contribution in [0.3, 0.4) is 0 Å². The van der Waals surface area contributed by atoms with Gasteiger partial charge in [0.25, 0.3) is 0 Å². The Morgan fingerprint density at radius 3 is 2.60 bits per heavy atom. The molecule has 54 valence electrons. The third-order valence-corrected chi connectivity index (χ3v) is 2.25. The maximum absolute atomic E-state index is 9.23. The molecule has 0 aromatic carbocycles. The zero-order valence-corrected chi connectivity index (χ0v) is 7.15. The second-order valence-corrected chi connectivity index (χ2v) is 2.92. The van der Waals surface area contributed by atoms with Crippen LogP contribution in [0.15, 0.2) is 11.3 Å². The van der Waals surface area contributed by atoms with Gasteiger partial charge in [-0.1, -0.05) is 6.92 Å².